The van der Waals surface area contributed by atoms with Crippen molar-refractivity contribution >= 4 is 12.1 Å². The van der Waals surface area contributed by atoms with E-state index in [2.05, 4.69) is 4.99 Å². The Hall–Kier alpha value is -1.16. The number of amides is 1. The molecule has 0 aromatic rings. The number of hydrogen-bond acceptors (Lipinski definition) is 3. The highest BCUT2D eigenvalue weighted by atomic mass is 16.5. The molecule has 0 bridgehead atoms. The lowest BCUT2D eigenvalue weighted by molar-refractivity contribution is -0.161. The van der Waals surface area contributed by atoms with E-state index in [4.69, 9.17) is 5.21 Å². The van der Waals surface area contributed by atoms with Crippen LogP contribution < -0.4 is 0 Å². The molecule has 1 heterocycles. The van der Waals surface area contributed by atoms with Crippen molar-refractivity contribution in [2.24, 2.45) is 10.9 Å². The van der Waals surface area contributed by atoms with Gasteiger partial charge in [0.1, 0.15) is 0 Å². The lowest BCUT2D eigenvalue weighted by Crippen LogP contribution is -2.31. The van der Waals surface area contributed by atoms with E-state index in [0.717, 1.165) is 0 Å². The second kappa shape index (κ2) is 3.30. The van der Waals surface area contributed by atoms with Crippen LogP contribution in [0.25, 0.3) is 0 Å². The summed E-state index contributed by atoms with van der Waals surface area (Å²) in [6.07, 6.45) is 5.59. The van der Waals surface area contributed by atoms with Gasteiger partial charge in [-0.25, -0.2) is 5.06 Å². The summed E-state index contributed by atoms with van der Waals surface area (Å²) in [7, 11) is 1.31. The molecular weight excluding hydrogens is 144 g/mol. The first-order valence-electron chi connectivity index (χ1n) is 3.36. The summed E-state index contributed by atoms with van der Waals surface area (Å²) >= 11 is 0. The number of carbonyl (C=O) groups excluding carboxylic acids is 1. The molecule has 0 aromatic heterocycles. The Labute approximate surface area is 64.8 Å². The third kappa shape index (κ3) is 1.88. The van der Waals surface area contributed by atoms with E-state index in [1.165, 1.54) is 13.3 Å². The molecule has 4 nitrogen and oxygen atoms in total. The molecule has 0 radical (unpaired) electrons. The van der Waals surface area contributed by atoms with Gasteiger partial charge in [0, 0.05) is 19.5 Å². The Kier molecular flexibility index (Phi) is 2.38. The standard InChI is InChI=1S/C7H10N2O2/c1-9(11)7(10)6-3-2-4-8-5-6/h2,4-6,11H,3H2,1H3. The molecule has 1 aliphatic rings. The molecule has 0 spiro atoms. The maximum absolute atomic E-state index is 11.0. The summed E-state index contributed by atoms with van der Waals surface area (Å²) in [4.78, 5) is 14.8. The molecular formula is C7H10N2O2. The predicted molar refractivity (Wildman–Crippen MR) is 40.3 cm³/mol. The van der Waals surface area contributed by atoms with Crippen LogP contribution in [0.5, 0.6) is 0 Å². The van der Waals surface area contributed by atoms with E-state index >= 15 is 0 Å². The van der Waals surface area contributed by atoms with Crippen molar-refractivity contribution in [3.63, 3.8) is 0 Å². The van der Waals surface area contributed by atoms with Crippen molar-refractivity contribution in [3.8, 4) is 0 Å². The molecule has 11 heavy (non-hydrogen) atoms. The molecule has 4 heteroatoms. The molecule has 1 unspecified atom stereocenters. The zero-order valence-corrected chi connectivity index (χ0v) is 6.27. The second-order valence-electron chi connectivity index (χ2n) is 2.39. The molecule has 1 aliphatic heterocycles. The zero-order valence-electron chi connectivity index (χ0n) is 6.27. The van der Waals surface area contributed by atoms with Crippen molar-refractivity contribution in [2.75, 3.05) is 7.05 Å². The largest absolute Gasteiger partial charge is 0.286 e. The molecule has 1 amide bonds. The minimum absolute atomic E-state index is 0.296. The topological polar surface area (TPSA) is 52.9 Å². The maximum atomic E-state index is 11.0. The summed E-state index contributed by atoms with van der Waals surface area (Å²) in [6.45, 7) is 0. The highest BCUT2D eigenvalue weighted by molar-refractivity contribution is 5.93. The number of aliphatic imine (C=N–C) groups is 1. The highest BCUT2D eigenvalue weighted by Gasteiger charge is 2.18. The average molecular weight is 154 g/mol. The lowest BCUT2D eigenvalue weighted by atomic mass is 10.1. The van der Waals surface area contributed by atoms with Crippen LogP contribution in [-0.4, -0.2) is 29.4 Å². The number of carbonyl (C=O) groups is 1. The number of hydroxylamine groups is 2. The fourth-order valence-electron chi connectivity index (χ4n) is 0.887. The minimum Gasteiger partial charge on any atom is -0.286 e. The first-order chi connectivity index (χ1) is 5.22. The van der Waals surface area contributed by atoms with Gasteiger partial charge in [0.2, 0.25) is 0 Å². The van der Waals surface area contributed by atoms with Crippen LogP contribution in [0.15, 0.2) is 17.3 Å². The van der Waals surface area contributed by atoms with Crippen LogP contribution in [0.2, 0.25) is 0 Å². The van der Waals surface area contributed by atoms with Crippen molar-refractivity contribution in [1.29, 1.82) is 0 Å². The van der Waals surface area contributed by atoms with E-state index in [1.807, 2.05) is 0 Å². The van der Waals surface area contributed by atoms with E-state index in [9.17, 15) is 4.79 Å². The normalized spacial score (nSPS) is 21.8. The van der Waals surface area contributed by atoms with Gasteiger partial charge in [-0.1, -0.05) is 6.08 Å². The molecule has 0 aromatic carbocycles. The summed E-state index contributed by atoms with van der Waals surface area (Å²) in [5.74, 6) is -0.617. The average Bonchev–Trinajstić information content (AvgIpc) is 2.05. The van der Waals surface area contributed by atoms with Crippen molar-refractivity contribution in [2.45, 2.75) is 6.42 Å². The number of allylic oxidation sites excluding steroid dienone is 1. The maximum Gasteiger partial charge on any atom is 0.254 e. The van der Waals surface area contributed by atoms with Gasteiger partial charge in [-0.2, -0.15) is 0 Å². The van der Waals surface area contributed by atoms with Crippen LogP contribution in [0.1, 0.15) is 6.42 Å². The molecule has 1 atom stereocenters. The summed E-state index contributed by atoms with van der Waals surface area (Å²) in [6, 6.07) is 0. The van der Waals surface area contributed by atoms with E-state index in [-0.39, 0.29) is 11.8 Å². The van der Waals surface area contributed by atoms with Crippen molar-refractivity contribution < 1.29 is 10.0 Å². The lowest BCUT2D eigenvalue weighted by Gasteiger charge is -2.14. The number of nitrogens with zero attached hydrogens (tertiary/aromatic N) is 2. The first kappa shape index (κ1) is 7.94. The Balaban J connectivity index is 2.55. The Morgan fingerprint density at radius 3 is 3.00 bits per heavy atom. The fraction of sp³-hybridized carbons (Fsp3) is 0.429. The van der Waals surface area contributed by atoms with Crippen molar-refractivity contribution in [1.82, 2.24) is 5.06 Å². The molecule has 1 N–H and O–H groups in total. The predicted octanol–water partition coefficient (Wildman–Crippen LogP) is 0.438. The Morgan fingerprint density at radius 1 is 1.82 bits per heavy atom. The van der Waals surface area contributed by atoms with Crippen LogP contribution in [-0.2, 0) is 4.79 Å². The van der Waals surface area contributed by atoms with E-state index in [1.54, 1.807) is 12.3 Å². The van der Waals surface area contributed by atoms with E-state index in [0.29, 0.717) is 11.5 Å². The van der Waals surface area contributed by atoms with Gasteiger partial charge in [-0.15, -0.1) is 0 Å². The van der Waals surface area contributed by atoms with Gasteiger partial charge in [0.25, 0.3) is 5.91 Å². The van der Waals surface area contributed by atoms with Crippen molar-refractivity contribution in [3.05, 3.63) is 12.3 Å². The Morgan fingerprint density at radius 2 is 2.55 bits per heavy atom. The van der Waals surface area contributed by atoms with Crippen LogP contribution >= 0.6 is 0 Å². The SMILES string of the molecule is CN(O)C(=O)C1C=NC=CC1. The van der Waals surface area contributed by atoms with Crippen LogP contribution in [0.3, 0.4) is 0 Å². The molecule has 0 saturated carbocycles. The molecule has 60 valence electrons. The molecule has 0 aliphatic carbocycles. The monoisotopic (exact) mass is 154 g/mol. The van der Waals surface area contributed by atoms with Gasteiger partial charge < -0.3 is 0 Å². The third-order valence-electron chi connectivity index (χ3n) is 1.48. The quantitative estimate of drug-likeness (QED) is 0.440. The van der Waals surface area contributed by atoms with E-state index < -0.39 is 0 Å². The van der Waals surface area contributed by atoms with Crippen LogP contribution in [0, 0.1) is 5.92 Å². The third-order valence-corrected chi connectivity index (χ3v) is 1.48. The number of hydrogen-bond donors (Lipinski definition) is 1. The van der Waals surface area contributed by atoms with Gasteiger partial charge in [0.05, 0.1) is 5.92 Å². The number of rotatable bonds is 1. The van der Waals surface area contributed by atoms with Crippen LogP contribution in [0.4, 0.5) is 0 Å². The second-order valence-corrected chi connectivity index (χ2v) is 2.39. The highest BCUT2D eigenvalue weighted by Crippen LogP contribution is 2.08. The summed E-state index contributed by atoms with van der Waals surface area (Å²) in [5, 5.41) is 9.36. The first-order valence-corrected chi connectivity index (χ1v) is 3.36. The molecule has 0 saturated heterocycles. The smallest absolute Gasteiger partial charge is 0.254 e. The Bertz CT molecular complexity index is 208. The molecule has 1 rings (SSSR count). The minimum atomic E-state index is -0.321. The van der Waals surface area contributed by atoms with Gasteiger partial charge in [0.15, 0.2) is 0 Å². The molecule has 0 fully saturated rings. The van der Waals surface area contributed by atoms with Gasteiger partial charge in [-0.05, 0) is 6.42 Å². The fourth-order valence-corrected chi connectivity index (χ4v) is 0.887. The zero-order chi connectivity index (χ0) is 8.27. The van der Waals surface area contributed by atoms with Gasteiger partial charge in [-0.3, -0.25) is 15.0 Å². The summed E-state index contributed by atoms with van der Waals surface area (Å²) in [5.41, 5.74) is 0. The van der Waals surface area contributed by atoms with Gasteiger partial charge >= 0.3 is 0 Å². The summed E-state index contributed by atoms with van der Waals surface area (Å²) < 4.78 is 0.